The molecule has 0 heterocycles. The summed E-state index contributed by atoms with van der Waals surface area (Å²) in [6.07, 6.45) is 3.16. The van der Waals surface area contributed by atoms with Gasteiger partial charge >= 0.3 is 5.97 Å². The number of ether oxygens (including phenoxy) is 1. The van der Waals surface area contributed by atoms with Crippen LogP contribution in [-0.4, -0.2) is 54.1 Å². The lowest BCUT2D eigenvalue weighted by molar-refractivity contribution is -0.137. The Morgan fingerprint density at radius 2 is 1.14 bits per heavy atom. The number of hydrogen-bond acceptors (Lipinski definition) is 5. The van der Waals surface area contributed by atoms with Gasteiger partial charge in [-0.2, -0.15) is 0 Å². The maximum Gasteiger partial charge on any atom is 0.331 e. The third-order valence-corrected chi connectivity index (χ3v) is 17.1. The zero-order valence-corrected chi connectivity index (χ0v) is 30.3. The Bertz CT molecular complexity index is 1220. The van der Waals surface area contributed by atoms with Crippen molar-refractivity contribution >= 4 is 33.8 Å². The molecule has 0 aliphatic carbocycles. The van der Waals surface area contributed by atoms with E-state index in [0.29, 0.717) is 25.4 Å². The molecule has 0 radical (unpaired) electrons. The molecule has 0 spiro atoms. The number of halogens is 3. The molecule has 0 atom stereocenters. The molecule has 0 bridgehead atoms. The molecule has 10 heteroatoms. The molecule has 0 saturated carbocycles. The van der Waals surface area contributed by atoms with E-state index in [2.05, 4.69) is 67.7 Å². The first kappa shape index (κ1) is 41.5. The number of rotatable bonds is 11. The van der Waals surface area contributed by atoms with Crippen molar-refractivity contribution in [2.75, 3.05) is 26.4 Å². The molecule has 0 fully saturated rings. The monoisotopic (exact) mass is 655 g/mol. The van der Waals surface area contributed by atoms with Gasteiger partial charge in [0.25, 0.3) is 0 Å². The van der Waals surface area contributed by atoms with E-state index in [1.807, 2.05) is 0 Å². The predicted octanol–water partition coefficient (Wildman–Crippen LogP) is 6.13. The Morgan fingerprint density at radius 3 is 1.48 bits per heavy atom. The standard InChI is InChI=1S/C18H27FO3Si.C16H25FO2Si.FH.H/c1-7-21-17(20)12-15(14-8-10-16(19)11-9-14)13-22-23(5,6)18(2,3)4;1-16(2,3)20(4,5)19-12-14(10-11-18)13-6-8-15(17)9-7-13;;/h8-12H,7,13H2,1-6H3;6-10,18H,11-12H2,1-5H3;1H;/q;;;-1/p-1/b15-12-;14-10-;;/i;;;1+1. The van der Waals surface area contributed by atoms with Crippen molar-refractivity contribution in [2.45, 2.75) is 84.7 Å². The normalized spacial score (nSPS) is 13.0. The Kier molecular flexibility index (Phi) is 16.8. The van der Waals surface area contributed by atoms with Crippen LogP contribution >= 0.6 is 0 Å². The van der Waals surface area contributed by atoms with Crippen LogP contribution in [0.5, 0.6) is 0 Å². The van der Waals surface area contributed by atoms with Gasteiger partial charge in [0.05, 0.1) is 26.4 Å². The average molecular weight is 656 g/mol. The van der Waals surface area contributed by atoms with Gasteiger partial charge in [-0.05, 0) is 89.7 Å². The summed E-state index contributed by atoms with van der Waals surface area (Å²) in [5.74, 6) is -0.984. The molecule has 250 valence electrons. The summed E-state index contributed by atoms with van der Waals surface area (Å²) in [7, 11) is -3.79. The smallest absolute Gasteiger partial charge is 0.331 e. The Labute approximate surface area is 266 Å². The molecule has 0 aromatic heterocycles. The fourth-order valence-electron chi connectivity index (χ4n) is 3.18. The Balaban J connectivity index is 0. The quantitative estimate of drug-likeness (QED) is 0.179. The third-order valence-electron chi connectivity index (χ3n) is 8.14. The van der Waals surface area contributed by atoms with E-state index >= 15 is 0 Å². The van der Waals surface area contributed by atoms with Gasteiger partial charge < -0.3 is 24.8 Å². The topological polar surface area (TPSA) is 65.0 Å². The van der Waals surface area contributed by atoms with Gasteiger partial charge in [0, 0.05) is 6.08 Å². The molecule has 0 aliphatic heterocycles. The van der Waals surface area contributed by atoms with Crippen LogP contribution in [-0.2, 0) is 18.4 Å². The first-order chi connectivity index (χ1) is 19.7. The number of carbonyl (C=O) groups is 1. The molecule has 2 rings (SSSR count). The summed E-state index contributed by atoms with van der Waals surface area (Å²) in [4.78, 5) is 11.8. The molecule has 0 amide bonds. The van der Waals surface area contributed by atoms with Crippen LogP contribution in [0.3, 0.4) is 0 Å². The van der Waals surface area contributed by atoms with Crippen LogP contribution in [0, 0.1) is 11.6 Å². The van der Waals surface area contributed by atoms with Crippen LogP contribution in [0.1, 0.15) is 61.0 Å². The largest absolute Gasteiger partial charge is 1.00 e. The minimum Gasteiger partial charge on any atom is -1.00 e. The van der Waals surface area contributed by atoms with Crippen molar-refractivity contribution < 1.29 is 38.4 Å². The van der Waals surface area contributed by atoms with Crippen LogP contribution < -0.4 is 4.70 Å². The highest BCUT2D eigenvalue weighted by molar-refractivity contribution is 6.74. The molecule has 5 nitrogen and oxygen atoms in total. The molecule has 0 unspecified atom stereocenters. The van der Waals surface area contributed by atoms with E-state index in [-0.39, 0.29) is 34.4 Å². The van der Waals surface area contributed by atoms with Crippen molar-refractivity contribution in [3.63, 3.8) is 0 Å². The van der Waals surface area contributed by atoms with E-state index in [0.717, 1.165) is 16.7 Å². The first-order valence-electron chi connectivity index (χ1n) is 14.7. The zero-order chi connectivity index (χ0) is 33.1. The second-order valence-corrected chi connectivity index (χ2v) is 23.1. The number of hydrogen-bond donors (Lipinski definition) is 1. The van der Waals surface area contributed by atoms with Gasteiger partial charge in [0.15, 0.2) is 16.6 Å². The van der Waals surface area contributed by atoms with E-state index < -0.39 is 22.6 Å². The van der Waals surface area contributed by atoms with Crippen LogP contribution in [0.15, 0.2) is 60.7 Å². The predicted molar refractivity (Wildman–Crippen MR) is 180 cm³/mol. The molecular formula is C34H53F3O5Si2-2. The van der Waals surface area contributed by atoms with E-state index in [1.165, 1.54) is 30.3 Å². The molecule has 1 N–H and O–H groups in total. The summed E-state index contributed by atoms with van der Waals surface area (Å²) in [5, 5.41) is 9.36. The minimum absolute atomic E-state index is 0. The van der Waals surface area contributed by atoms with Gasteiger partial charge in [0.1, 0.15) is 11.6 Å². The minimum atomic E-state index is -1.95. The third kappa shape index (κ3) is 13.6. The average Bonchev–Trinajstić information content (AvgIpc) is 2.89. The van der Waals surface area contributed by atoms with Crippen molar-refractivity contribution in [2.24, 2.45) is 0 Å². The van der Waals surface area contributed by atoms with E-state index in [9.17, 15) is 13.6 Å². The maximum absolute atomic E-state index is 13.1. The Morgan fingerprint density at radius 1 is 0.773 bits per heavy atom. The lowest BCUT2D eigenvalue weighted by Gasteiger charge is -2.36. The van der Waals surface area contributed by atoms with Gasteiger partial charge in [-0.15, -0.1) is 0 Å². The van der Waals surface area contributed by atoms with Crippen molar-refractivity contribution in [3.05, 3.63) is 83.4 Å². The van der Waals surface area contributed by atoms with Crippen molar-refractivity contribution in [3.8, 4) is 0 Å². The SMILES string of the molecule is CC(C)(C)[Si](C)(C)OC/C(=C/CO)c1ccc(F)cc1.CCOC(=O)/C=C(/CO[Si](C)(C)C(C)(C)C)c1ccc(F)cc1.[2H-].[F-]. The molecule has 0 aliphatic rings. The zero-order valence-electron chi connectivity index (χ0n) is 29.3. The van der Waals surface area contributed by atoms with Crippen LogP contribution in [0.2, 0.25) is 36.3 Å². The molecule has 2 aromatic rings. The second-order valence-electron chi connectivity index (χ2n) is 13.4. The number of aliphatic hydroxyl groups is 1. The lowest BCUT2D eigenvalue weighted by atomic mass is 10.1. The number of esters is 1. The lowest BCUT2D eigenvalue weighted by Crippen LogP contribution is -3.00. The summed E-state index contributed by atoms with van der Waals surface area (Å²) in [6, 6.07) is 12.3. The molecular weight excluding hydrogens is 602 g/mol. The molecule has 0 saturated heterocycles. The van der Waals surface area contributed by atoms with E-state index in [4.69, 9.17) is 18.7 Å². The summed E-state index contributed by atoms with van der Waals surface area (Å²) >= 11 is 0. The van der Waals surface area contributed by atoms with Gasteiger partial charge in [-0.1, -0.05) is 71.9 Å². The van der Waals surface area contributed by atoms with Gasteiger partial charge in [-0.3, -0.25) is 0 Å². The number of aliphatic hydroxyl groups excluding tert-OH is 1. The summed E-state index contributed by atoms with van der Waals surface area (Å²) in [6.45, 7) is 24.5. The highest BCUT2D eigenvalue weighted by atomic mass is 28.4. The second kappa shape index (κ2) is 17.8. The fraction of sp³-hybridized carbons (Fsp3) is 0.500. The number of carbonyl (C=O) groups excluding carboxylic acids is 1. The first-order valence-corrected chi connectivity index (χ1v) is 20.5. The summed E-state index contributed by atoms with van der Waals surface area (Å²) < 4.78 is 43.4. The number of benzene rings is 2. The van der Waals surface area contributed by atoms with Gasteiger partial charge in [-0.25, -0.2) is 13.6 Å². The van der Waals surface area contributed by atoms with Crippen LogP contribution in [0.25, 0.3) is 11.1 Å². The van der Waals surface area contributed by atoms with Crippen molar-refractivity contribution in [1.82, 2.24) is 0 Å². The summed E-state index contributed by atoms with van der Waals surface area (Å²) in [5.41, 5.74) is 3.25. The highest BCUT2D eigenvalue weighted by Gasteiger charge is 2.38. The highest BCUT2D eigenvalue weighted by Crippen LogP contribution is 2.38. The molecule has 2 aromatic carbocycles. The van der Waals surface area contributed by atoms with Crippen LogP contribution in [0.4, 0.5) is 8.78 Å². The fourth-order valence-corrected chi connectivity index (χ4v) is 5.08. The molecule has 44 heavy (non-hydrogen) atoms. The van der Waals surface area contributed by atoms with E-state index in [1.54, 1.807) is 37.3 Å². The van der Waals surface area contributed by atoms with Crippen molar-refractivity contribution in [1.29, 1.82) is 0 Å². The van der Waals surface area contributed by atoms with Gasteiger partial charge in [0.2, 0.25) is 0 Å². The maximum atomic E-state index is 13.1. The Hall–Kier alpha value is -2.51.